The summed E-state index contributed by atoms with van der Waals surface area (Å²) in [6.07, 6.45) is 1.71. The van der Waals surface area contributed by atoms with E-state index in [1.807, 2.05) is 56.0 Å². The summed E-state index contributed by atoms with van der Waals surface area (Å²) in [6.45, 7) is 7.59. The second-order valence-electron chi connectivity index (χ2n) is 6.75. The minimum absolute atomic E-state index is 0.0188. The molecular weight excluding hydrogens is 276 g/mol. The van der Waals surface area contributed by atoms with E-state index >= 15 is 0 Å². The summed E-state index contributed by atoms with van der Waals surface area (Å²) in [4.78, 5) is 26.6. The van der Waals surface area contributed by atoms with Crippen molar-refractivity contribution < 1.29 is 9.59 Å². The molecule has 22 heavy (non-hydrogen) atoms. The first-order valence-electron chi connectivity index (χ1n) is 8.03. The van der Waals surface area contributed by atoms with Gasteiger partial charge in [0.25, 0.3) is 0 Å². The molecule has 2 amide bonds. The number of likely N-dealkylation sites (tertiary alicyclic amines) is 1. The number of rotatable bonds is 4. The van der Waals surface area contributed by atoms with Crippen LogP contribution in [-0.4, -0.2) is 29.8 Å². The first-order valence-corrected chi connectivity index (χ1v) is 8.03. The number of nitrogens with zero attached hydrogens (tertiary/aromatic N) is 1. The Bertz CT molecular complexity index is 527. The molecule has 0 aliphatic carbocycles. The minimum Gasteiger partial charge on any atom is -0.351 e. The average molecular weight is 302 g/mol. The molecule has 0 aromatic heterocycles. The van der Waals surface area contributed by atoms with E-state index in [2.05, 4.69) is 5.32 Å². The van der Waals surface area contributed by atoms with Crippen LogP contribution in [0.1, 0.15) is 39.2 Å². The topological polar surface area (TPSA) is 49.4 Å². The number of nitrogens with one attached hydrogen (secondary N) is 1. The second-order valence-corrected chi connectivity index (χ2v) is 6.75. The number of benzene rings is 1. The molecule has 1 saturated heterocycles. The summed E-state index contributed by atoms with van der Waals surface area (Å²) in [7, 11) is 0. The molecule has 0 radical (unpaired) electrons. The lowest BCUT2D eigenvalue weighted by Gasteiger charge is -2.40. The maximum absolute atomic E-state index is 12.6. The van der Waals surface area contributed by atoms with Gasteiger partial charge >= 0.3 is 0 Å². The van der Waals surface area contributed by atoms with E-state index in [4.69, 9.17) is 0 Å². The van der Waals surface area contributed by atoms with Gasteiger partial charge in [-0.15, -0.1) is 0 Å². The summed E-state index contributed by atoms with van der Waals surface area (Å²) in [5, 5.41) is 3.02. The van der Waals surface area contributed by atoms with E-state index in [0.29, 0.717) is 13.1 Å². The van der Waals surface area contributed by atoms with Crippen LogP contribution in [-0.2, 0) is 16.1 Å². The quantitative estimate of drug-likeness (QED) is 0.929. The van der Waals surface area contributed by atoms with Crippen molar-refractivity contribution in [1.82, 2.24) is 10.2 Å². The van der Waals surface area contributed by atoms with Gasteiger partial charge < -0.3 is 10.2 Å². The van der Waals surface area contributed by atoms with Gasteiger partial charge in [0.05, 0.1) is 5.41 Å². The molecule has 1 heterocycles. The maximum Gasteiger partial charge on any atom is 0.227 e. The maximum atomic E-state index is 12.6. The lowest BCUT2D eigenvalue weighted by molar-refractivity contribution is -0.142. The summed E-state index contributed by atoms with van der Waals surface area (Å²) >= 11 is 0. The zero-order chi connectivity index (χ0) is 16.2. The molecule has 1 aliphatic heterocycles. The van der Waals surface area contributed by atoms with Crippen LogP contribution in [0.3, 0.4) is 0 Å². The monoisotopic (exact) mass is 302 g/mol. The Morgan fingerprint density at radius 3 is 2.59 bits per heavy atom. The van der Waals surface area contributed by atoms with E-state index in [1.54, 1.807) is 0 Å². The van der Waals surface area contributed by atoms with Gasteiger partial charge in [-0.3, -0.25) is 9.59 Å². The molecule has 0 saturated carbocycles. The largest absolute Gasteiger partial charge is 0.351 e. The van der Waals surface area contributed by atoms with Crippen molar-refractivity contribution in [3.8, 4) is 0 Å². The van der Waals surface area contributed by atoms with Gasteiger partial charge in [0.2, 0.25) is 11.8 Å². The van der Waals surface area contributed by atoms with Gasteiger partial charge in [0.15, 0.2) is 0 Å². The zero-order valence-corrected chi connectivity index (χ0v) is 13.8. The van der Waals surface area contributed by atoms with Crippen LogP contribution in [0.15, 0.2) is 30.3 Å². The fraction of sp³-hybridized carbons (Fsp3) is 0.556. The van der Waals surface area contributed by atoms with Crippen LogP contribution in [0.25, 0.3) is 0 Å². The highest BCUT2D eigenvalue weighted by Gasteiger charge is 2.39. The summed E-state index contributed by atoms with van der Waals surface area (Å²) in [6, 6.07) is 9.89. The van der Waals surface area contributed by atoms with Gasteiger partial charge in [0.1, 0.15) is 0 Å². The summed E-state index contributed by atoms with van der Waals surface area (Å²) in [5.74, 6) is 0.161. The first kappa shape index (κ1) is 16.5. The minimum atomic E-state index is -0.489. The molecule has 2 rings (SSSR count). The van der Waals surface area contributed by atoms with Crippen LogP contribution in [0.2, 0.25) is 0 Å². The van der Waals surface area contributed by atoms with Crippen molar-refractivity contribution in [2.45, 2.75) is 40.2 Å². The van der Waals surface area contributed by atoms with Gasteiger partial charge in [-0.25, -0.2) is 0 Å². The number of amides is 2. The third kappa shape index (κ3) is 3.87. The molecule has 1 N–H and O–H groups in total. The van der Waals surface area contributed by atoms with Gasteiger partial charge in [-0.1, -0.05) is 44.2 Å². The molecule has 1 aromatic rings. The standard InChI is InChI=1S/C18H26N2O2/c1-14(2)16(21)20-11-7-10-18(3,13-20)17(22)19-12-15-8-5-4-6-9-15/h4-6,8-9,14H,7,10-13H2,1-3H3,(H,19,22)/t18-/m0/s1. The second kappa shape index (κ2) is 6.95. The Hall–Kier alpha value is -1.84. The van der Waals surface area contributed by atoms with Crippen LogP contribution in [0.5, 0.6) is 0 Å². The van der Waals surface area contributed by atoms with Crippen molar-refractivity contribution in [2.24, 2.45) is 11.3 Å². The fourth-order valence-corrected chi connectivity index (χ4v) is 2.97. The molecule has 1 aromatic carbocycles. The van der Waals surface area contributed by atoms with Crippen molar-refractivity contribution in [3.63, 3.8) is 0 Å². The molecule has 120 valence electrons. The predicted octanol–water partition coefficient (Wildman–Crippen LogP) is 2.59. The molecule has 1 fully saturated rings. The zero-order valence-electron chi connectivity index (χ0n) is 13.8. The van der Waals surface area contributed by atoms with Crippen molar-refractivity contribution in [3.05, 3.63) is 35.9 Å². The highest BCUT2D eigenvalue weighted by Crippen LogP contribution is 2.30. The predicted molar refractivity (Wildman–Crippen MR) is 87.0 cm³/mol. The molecule has 4 nitrogen and oxygen atoms in total. The lowest BCUT2D eigenvalue weighted by Crippen LogP contribution is -2.52. The number of hydrogen-bond acceptors (Lipinski definition) is 2. The molecular formula is C18H26N2O2. The summed E-state index contributed by atoms with van der Waals surface area (Å²) in [5.41, 5.74) is 0.600. The van der Waals surface area contributed by atoms with E-state index in [1.165, 1.54) is 0 Å². The number of hydrogen-bond donors (Lipinski definition) is 1. The summed E-state index contributed by atoms with van der Waals surface area (Å²) < 4.78 is 0. The van der Waals surface area contributed by atoms with Crippen molar-refractivity contribution in [2.75, 3.05) is 13.1 Å². The van der Waals surface area contributed by atoms with E-state index in [9.17, 15) is 9.59 Å². The normalized spacial score (nSPS) is 21.7. The van der Waals surface area contributed by atoms with Crippen molar-refractivity contribution >= 4 is 11.8 Å². The Morgan fingerprint density at radius 2 is 1.95 bits per heavy atom. The van der Waals surface area contributed by atoms with E-state index in [-0.39, 0.29) is 17.7 Å². The first-order chi connectivity index (χ1) is 10.4. The SMILES string of the molecule is CC(C)C(=O)N1CCC[C@](C)(C(=O)NCc2ccccc2)C1. The van der Waals surface area contributed by atoms with Gasteiger partial charge in [-0.2, -0.15) is 0 Å². The van der Waals surface area contributed by atoms with E-state index in [0.717, 1.165) is 24.9 Å². The third-order valence-electron chi connectivity index (χ3n) is 4.35. The van der Waals surface area contributed by atoms with Gasteiger partial charge in [-0.05, 0) is 25.3 Å². The average Bonchev–Trinajstić information content (AvgIpc) is 2.52. The van der Waals surface area contributed by atoms with Crippen LogP contribution >= 0.6 is 0 Å². The molecule has 4 heteroatoms. The lowest BCUT2D eigenvalue weighted by atomic mass is 9.80. The van der Waals surface area contributed by atoms with Crippen LogP contribution < -0.4 is 5.32 Å². The van der Waals surface area contributed by atoms with Crippen LogP contribution in [0.4, 0.5) is 0 Å². The Kier molecular flexibility index (Phi) is 5.22. The smallest absolute Gasteiger partial charge is 0.227 e. The molecule has 0 bridgehead atoms. The fourth-order valence-electron chi connectivity index (χ4n) is 2.97. The highest BCUT2D eigenvalue weighted by molar-refractivity contribution is 5.84. The van der Waals surface area contributed by atoms with Crippen LogP contribution in [0, 0.1) is 11.3 Å². The molecule has 1 atom stereocenters. The van der Waals surface area contributed by atoms with Crippen molar-refractivity contribution in [1.29, 1.82) is 0 Å². The molecule has 0 spiro atoms. The molecule has 1 aliphatic rings. The molecule has 0 unspecified atom stereocenters. The Morgan fingerprint density at radius 1 is 1.27 bits per heavy atom. The highest BCUT2D eigenvalue weighted by atomic mass is 16.2. The van der Waals surface area contributed by atoms with E-state index < -0.39 is 5.41 Å². The number of piperidine rings is 1. The number of carbonyl (C=O) groups is 2. The Balaban J connectivity index is 1.96. The van der Waals surface area contributed by atoms with Gasteiger partial charge in [0, 0.05) is 25.6 Å². The number of carbonyl (C=O) groups excluding carboxylic acids is 2. The Labute approximate surface area is 132 Å². The third-order valence-corrected chi connectivity index (χ3v) is 4.35.